The zero-order valence-corrected chi connectivity index (χ0v) is 11.3. The van der Waals surface area contributed by atoms with Gasteiger partial charge in [0, 0.05) is 11.8 Å². The Balaban J connectivity index is 3.15. The Kier molecular flexibility index (Phi) is 4.40. The third kappa shape index (κ3) is 3.36. The van der Waals surface area contributed by atoms with Crippen LogP contribution in [0.1, 0.15) is 20.3 Å². The number of benzene rings is 1. The molecule has 1 aromatic carbocycles. The van der Waals surface area contributed by atoms with E-state index < -0.39 is 9.84 Å². The van der Waals surface area contributed by atoms with E-state index in [2.05, 4.69) is 0 Å². The van der Waals surface area contributed by atoms with Crippen molar-refractivity contribution in [2.45, 2.75) is 25.2 Å². The van der Waals surface area contributed by atoms with E-state index >= 15 is 0 Å². The summed E-state index contributed by atoms with van der Waals surface area (Å²) in [5, 5.41) is 0. The molecule has 0 aliphatic rings. The molecular formula is C12H19NO3S. The van der Waals surface area contributed by atoms with Gasteiger partial charge in [0.2, 0.25) is 0 Å². The number of nitrogens with two attached hydrogens (primary N) is 1. The summed E-state index contributed by atoms with van der Waals surface area (Å²) in [6.45, 7) is 3.89. The lowest BCUT2D eigenvalue weighted by Crippen LogP contribution is -2.14. The van der Waals surface area contributed by atoms with Crippen LogP contribution in [0.3, 0.4) is 0 Å². The second kappa shape index (κ2) is 5.40. The van der Waals surface area contributed by atoms with Crippen molar-refractivity contribution in [2.75, 3.05) is 18.6 Å². The van der Waals surface area contributed by atoms with E-state index in [9.17, 15) is 8.42 Å². The van der Waals surface area contributed by atoms with Crippen molar-refractivity contribution in [2.24, 2.45) is 5.92 Å². The maximum atomic E-state index is 12.2. The van der Waals surface area contributed by atoms with Gasteiger partial charge in [-0.3, -0.25) is 0 Å². The molecule has 0 radical (unpaired) electrons. The largest absolute Gasteiger partial charge is 0.495 e. The molecule has 1 rings (SSSR count). The number of methoxy groups -OCH3 is 1. The fraction of sp³-hybridized carbons (Fsp3) is 0.500. The maximum Gasteiger partial charge on any atom is 0.182 e. The molecule has 1 atom stereocenters. The molecule has 0 aliphatic carbocycles. The summed E-state index contributed by atoms with van der Waals surface area (Å²) < 4.78 is 29.4. The van der Waals surface area contributed by atoms with E-state index in [1.165, 1.54) is 19.2 Å². The molecule has 4 nitrogen and oxygen atoms in total. The molecule has 0 heterocycles. The zero-order chi connectivity index (χ0) is 13.1. The molecule has 2 N–H and O–H groups in total. The van der Waals surface area contributed by atoms with Crippen LogP contribution in [0.5, 0.6) is 5.75 Å². The van der Waals surface area contributed by atoms with Gasteiger partial charge in [-0.05, 0) is 18.1 Å². The SMILES string of the molecule is CCC(C)CS(=O)(=O)c1ccc(N)cc1OC. The molecule has 1 unspecified atom stereocenters. The molecule has 1 aromatic rings. The average Bonchev–Trinajstić information content (AvgIpc) is 2.27. The van der Waals surface area contributed by atoms with Gasteiger partial charge < -0.3 is 10.5 Å². The van der Waals surface area contributed by atoms with E-state index in [0.717, 1.165) is 6.42 Å². The first-order valence-corrected chi connectivity index (χ1v) is 7.22. The first-order valence-electron chi connectivity index (χ1n) is 5.57. The molecule has 0 saturated carbocycles. The molecular weight excluding hydrogens is 238 g/mol. The van der Waals surface area contributed by atoms with E-state index in [-0.39, 0.29) is 16.6 Å². The number of hydrogen-bond acceptors (Lipinski definition) is 4. The van der Waals surface area contributed by atoms with Crippen molar-refractivity contribution in [1.82, 2.24) is 0 Å². The number of sulfone groups is 1. The van der Waals surface area contributed by atoms with Crippen molar-refractivity contribution in [3.63, 3.8) is 0 Å². The van der Waals surface area contributed by atoms with Gasteiger partial charge in [-0.2, -0.15) is 0 Å². The molecule has 17 heavy (non-hydrogen) atoms. The summed E-state index contributed by atoms with van der Waals surface area (Å²) in [7, 11) is -1.87. The van der Waals surface area contributed by atoms with Gasteiger partial charge >= 0.3 is 0 Å². The maximum absolute atomic E-state index is 12.2. The van der Waals surface area contributed by atoms with Crippen LogP contribution in [0.2, 0.25) is 0 Å². The third-order valence-electron chi connectivity index (χ3n) is 2.72. The molecule has 0 aromatic heterocycles. The van der Waals surface area contributed by atoms with Gasteiger partial charge in [0.05, 0.1) is 12.9 Å². The fourth-order valence-corrected chi connectivity index (χ4v) is 3.41. The quantitative estimate of drug-likeness (QED) is 0.820. The Morgan fingerprint density at radius 1 is 1.41 bits per heavy atom. The standard InChI is InChI=1S/C12H19NO3S/c1-4-9(2)8-17(14,15)12-6-5-10(13)7-11(12)16-3/h5-7,9H,4,8,13H2,1-3H3. The van der Waals surface area contributed by atoms with Crippen LogP contribution in [0.4, 0.5) is 5.69 Å². The van der Waals surface area contributed by atoms with Crippen LogP contribution in [0.15, 0.2) is 23.1 Å². The summed E-state index contributed by atoms with van der Waals surface area (Å²) in [6.07, 6.45) is 0.830. The van der Waals surface area contributed by atoms with Gasteiger partial charge in [-0.25, -0.2) is 8.42 Å². The molecule has 0 aliphatic heterocycles. The van der Waals surface area contributed by atoms with Crippen LogP contribution in [0, 0.1) is 5.92 Å². The second-order valence-corrected chi connectivity index (χ2v) is 6.21. The molecule has 0 bridgehead atoms. The fourth-order valence-electron chi connectivity index (χ4n) is 1.52. The molecule has 0 fully saturated rings. The Labute approximate surface area is 103 Å². The number of rotatable bonds is 5. The first-order chi connectivity index (χ1) is 7.90. The lowest BCUT2D eigenvalue weighted by atomic mass is 10.2. The molecule has 0 saturated heterocycles. The first kappa shape index (κ1) is 13.8. The van der Waals surface area contributed by atoms with Gasteiger partial charge in [-0.15, -0.1) is 0 Å². The summed E-state index contributed by atoms with van der Waals surface area (Å²) in [4.78, 5) is 0.217. The minimum Gasteiger partial charge on any atom is -0.495 e. The lowest BCUT2D eigenvalue weighted by Gasteiger charge is -2.13. The predicted octanol–water partition coefficient (Wildman–Crippen LogP) is 2.10. The Morgan fingerprint density at radius 3 is 2.59 bits per heavy atom. The van der Waals surface area contributed by atoms with Gasteiger partial charge in [0.15, 0.2) is 9.84 Å². The third-order valence-corrected chi connectivity index (χ3v) is 4.74. The molecule has 5 heteroatoms. The minimum absolute atomic E-state index is 0.127. The normalized spacial score (nSPS) is 13.4. The Morgan fingerprint density at radius 2 is 2.06 bits per heavy atom. The summed E-state index contributed by atoms with van der Waals surface area (Å²) >= 11 is 0. The predicted molar refractivity (Wildman–Crippen MR) is 68.9 cm³/mol. The second-order valence-electron chi connectivity index (χ2n) is 4.21. The van der Waals surface area contributed by atoms with Gasteiger partial charge in [0.25, 0.3) is 0 Å². The highest BCUT2D eigenvalue weighted by atomic mass is 32.2. The average molecular weight is 257 g/mol. The highest BCUT2D eigenvalue weighted by molar-refractivity contribution is 7.91. The van der Waals surface area contributed by atoms with E-state index in [4.69, 9.17) is 10.5 Å². The van der Waals surface area contributed by atoms with Crippen molar-refractivity contribution >= 4 is 15.5 Å². The van der Waals surface area contributed by atoms with Gasteiger partial charge in [-0.1, -0.05) is 20.3 Å². The van der Waals surface area contributed by atoms with Crippen LogP contribution < -0.4 is 10.5 Å². The van der Waals surface area contributed by atoms with Crippen molar-refractivity contribution in [3.8, 4) is 5.75 Å². The van der Waals surface area contributed by atoms with E-state index in [1.54, 1.807) is 6.07 Å². The van der Waals surface area contributed by atoms with Crippen molar-refractivity contribution < 1.29 is 13.2 Å². The topological polar surface area (TPSA) is 69.4 Å². The Bertz CT molecular complexity index is 483. The number of hydrogen-bond donors (Lipinski definition) is 1. The van der Waals surface area contributed by atoms with Crippen LogP contribution in [-0.4, -0.2) is 21.3 Å². The lowest BCUT2D eigenvalue weighted by molar-refractivity contribution is 0.402. The summed E-state index contributed by atoms with van der Waals surface area (Å²) in [5.41, 5.74) is 6.09. The minimum atomic E-state index is -3.31. The smallest absolute Gasteiger partial charge is 0.182 e. The van der Waals surface area contributed by atoms with Crippen molar-refractivity contribution in [1.29, 1.82) is 0 Å². The van der Waals surface area contributed by atoms with Crippen molar-refractivity contribution in [3.05, 3.63) is 18.2 Å². The highest BCUT2D eigenvalue weighted by Gasteiger charge is 2.21. The Hall–Kier alpha value is -1.23. The highest BCUT2D eigenvalue weighted by Crippen LogP contribution is 2.28. The van der Waals surface area contributed by atoms with Gasteiger partial charge in [0.1, 0.15) is 10.6 Å². The van der Waals surface area contributed by atoms with Crippen LogP contribution >= 0.6 is 0 Å². The molecule has 0 amide bonds. The molecule has 96 valence electrons. The summed E-state index contributed by atoms with van der Waals surface area (Å²) in [5.74, 6) is 0.569. The number of ether oxygens (including phenoxy) is 1. The van der Waals surface area contributed by atoms with Crippen LogP contribution in [-0.2, 0) is 9.84 Å². The monoisotopic (exact) mass is 257 g/mol. The number of nitrogen functional groups attached to an aromatic ring is 1. The van der Waals surface area contributed by atoms with Crippen LogP contribution in [0.25, 0.3) is 0 Å². The zero-order valence-electron chi connectivity index (χ0n) is 10.4. The van der Waals surface area contributed by atoms with E-state index in [0.29, 0.717) is 11.4 Å². The number of anilines is 1. The summed E-state index contributed by atoms with van der Waals surface area (Å²) in [6, 6.07) is 4.61. The molecule has 0 spiro atoms. The van der Waals surface area contributed by atoms with E-state index in [1.807, 2.05) is 13.8 Å².